The van der Waals surface area contributed by atoms with E-state index in [2.05, 4.69) is 21.7 Å². The normalized spacial score (nSPS) is 23.2. The highest BCUT2D eigenvalue weighted by Gasteiger charge is 2.52. The number of aliphatic hydroxyl groups excluding tert-OH is 1. The number of thiazole rings is 1. The van der Waals surface area contributed by atoms with Crippen molar-refractivity contribution >= 4 is 29.1 Å². The molecule has 5 heterocycles. The summed E-state index contributed by atoms with van der Waals surface area (Å²) in [5.74, 6) is 2.10. The quantitative estimate of drug-likeness (QED) is 0.523. The standard InChI is InChI=1S/C21H26N4O2S2.CH2O2/c1-14-19(29-13-22-14)9-25-7-16-6-24(10-21(16,11-25)12-26)8-17-15(2)27-20(23-17)18-4-3-5-28-18;2-1-3/h3-5,13,16,26H,6-12H2,1-2H3;1H,(H,2,3). The molecule has 8 nitrogen and oxygen atoms in total. The third-order valence-corrected chi connectivity index (χ3v) is 8.20. The van der Waals surface area contributed by atoms with Crippen molar-refractivity contribution in [3.63, 3.8) is 0 Å². The third kappa shape index (κ3) is 4.65. The first kappa shape index (κ1) is 23.1. The van der Waals surface area contributed by atoms with Gasteiger partial charge in [0.2, 0.25) is 5.89 Å². The molecule has 2 unspecified atom stereocenters. The second-order valence-corrected chi connectivity index (χ2v) is 10.4. The summed E-state index contributed by atoms with van der Waals surface area (Å²) in [5, 5.41) is 19.2. The number of aryl methyl sites for hydroxylation is 2. The van der Waals surface area contributed by atoms with Crippen molar-refractivity contribution in [1.82, 2.24) is 19.8 Å². The number of hydrogen-bond donors (Lipinski definition) is 2. The first-order valence-electron chi connectivity index (χ1n) is 10.5. The zero-order chi connectivity index (χ0) is 22.7. The highest BCUT2D eigenvalue weighted by atomic mass is 32.1. The predicted molar refractivity (Wildman–Crippen MR) is 124 cm³/mol. The first-order valence-corrected chi connectivity index (χ1v) is 12.3. The molecule has 2 aliphatic heterocycles. The van der Waals surface area contributed by atoms with Crippen LogP contribution < -0.4 is 0 Å². The van der Waals surface area contributed by atoms with E-state index in [0.717, 1.165) is 67.2 Å². The number of fused-ring (bicyclic) bond motifs is 1. The minimum Gasteiger partial charge on any atom is -0.483 e. The van der Waals surface area contributed by atoms with Crippen molar-refractivity contribution < 1.29 is 19.4 Å². The summed E-state index contributed by atoms with van der Waals surface area (Å²) in [5.41, 5.74) is 4.04. The molecule has 10 heteroatoms. The van der Waals surface area contributed by atoms with Crippen LogP contribution >= 0.6 is 22.7 Å². The second-order valence-electron chi connectivity index (χ2n) is 8.52. The lowest BCUT2D eigenvalue weighted by molar-refractivity contribution is -0.122. The summed E-state index contributed by atoms with van der Waals surface area (Å²) in [6, 6.07) is 4.06. The van der Waals surface area contributed by atoms with Gasteiger partial charge in [-0.2, -0.15) is 0 Å². The SMILES string of the molecule is Cc1ncsc1CN1CC2CN(Cc3nc(-c4cccs4)oc3C)CC2(CO)C1.O=CO. The van der Waals surface area contributed by atoms with Gasteiger partial charge in [-0.3, -0.25) is 14.6 Å². The number of rotatable bonds is 6. The van der Waals surface area contributed by atoms with E-state index in [-0.39, 0.29) is 18.5 Å². The van der Waals surface area contributed by atoms with E-state index in [1.165, 1.54) is 4.88 Å². The number of likely N-dealkylation sites (tertiary alicyclic amines) is 2. The molecule has 0 saturated carbocycles. The van der Waals surface area contributed by atoms with Crippen LogP contribution in [0.3, 0.4) is 0 Å². The molecule has 32 heavy (non-hydrogen) atoms. The molecule has 0 aromatic carbocycles. The van der Waals surface area contributed by atoms with Gasteiger partial charge in [-0.25, -0.2) is 9.97 Å². The van der Waals surface area contributed by atoms with Crippen molar-refractivity contribution in [3.8, 4) is 10.8 Å². The summed E-state index contributed by atoms with van der Waals surface area (Å²) >= 11 is 3.38. The van der Waals surface area contributed by atoms with Crippen LogP contribution in [0, 0.1) is 25.2 Å². The molecule has 0 radical (unpaired) electrons. The summed E-state index contributed by atoms with van der Waals surface area (Å²) in [7, 11) is 0. The van der Waals surface area contributed by atoms with Gasteiger partial charge in [0.25, 0.3) is 6.47 Å². The Balaban J connectivity index is 0.000000775. The molecule has 3 aromatic rings. The van der Waals surface area contributed by atoms with Gasteiger partial charge in [0.15, 0.2) is 0 Å². The van der Waals surface area contributed by atoms with E-state index < -0.39 is 0 Å². The van der Waals surface area contributed by atoms with Gasteiger partial charge in [0.05, 0.1) is 28.4 Å². The van der Waals surface area contributed by atoms with Gasteiger partial charge in [0, 0.05) is 49.6 Å². The molecular formula is C22H28N4O4S2. The largest absolute Gasteiger partial charge is 0.483 e. The van der Waals surface area contributed by atoms with Crippen molar-refractivity contribution in [3.05, 3.63) is 45.0 Å². The molecular weight excluding hydrogens is 448 g/mol. The van der Waals surface area contributed by atoms with Crippen LogP contribution in [0.1, 0.15) is 22.0 Å². The Morgan fingerprint density at radius 1 is 1.25 bits per heavy atom. The molecule has 5 rings (SSSR count). The summed E-state index contributed by atoms with van der Waals surface area (Å²) in [4.78, 5) is 24.8. The van der Waals surface area contributed by atoms with Gasteiger partial charge >= 0.3 is 0 Å². The molecule has 0 amide bonds. The smallest absolute Gasteiger partial charge is 0.290 e. The van der Waals surface area contributed by atoms with Gasteiger partial charge in [0.1, 0.15) is 5.76 Å². The van der Waals surface area contributed by atoms with Crippen LogP contribution in [0.15, 0.2) is 27.4 Å². The second kappa shape index (κ2) is 9.80. The van der Waals surface area contributed by atoms with Gasteiger partial charge in [-0.1, -0.05) is 6.07 Å². The summed E-state index contributed by atoms with van der Waals surface area (Å²) in [6.45, 7) is 9.69. The van der Waals surface area contributed by atoms with Crippen LogP contribution in [0.2, 0.25) is 0 Å². The molecule has 2 aliphatic rings. The van der Waals surface area contributed by atoms with Gasteiger partial charge < -0.3 is 14.6 Å². The Bertz CT molecular complexity index is 1030. The van der Waals surface area contributed by atoms with E-state index in [0.29, 0.717) is 5.92 Å². The monoisotopic (exact) mass is 476 g/mol. The fraction of sp³-hybridized carbons (Fsp3) is 0.500. The highest BCUT2D eigenvalue weighted by Crippen LogP contribution is 2.43. The molecule has 2 atom stereocenters. The summed E-state index contributed by atoms with van der Waals surface area (Å²) in [6.07, 6.45) is 0. The zero-order valence-corrected chi connectivity index (χ0v) is 19.9. The van der Waals surface area contributed by atoms with Crippen LogP contribution in [0.5, 0.6) is 0 Å². The molecule has 0 bridgehead atoms. The Labute approximate surface area is 195 Å². The maximum atomic E-state index is 10.3. The summed E-state index contributed by atoms with van der Waals surface area (Å²) < 4.78 is 5.91. The number of oxazole rings is 1. The number of nitrogens with zero attached hydrogens (tertiary/aromatic N) is 4. The van der Waals surface area contributed by atoms with Crippen LogP contribution in [0.4, 0.5) is 0 Å². The molecule has 0 aliphatic carbocycles. The average Bonchev–Trinajstić information content (AvgIpc) is 3.55. The molecule has 2 N–H and O–H groups in total. The van der Waals surface area contributed by atoms with Gasteiger partial charge in [-0.15, -0.1) is 22.7 Å². The lowest BCUT2D eigenvalue weighted by Gasteiger charge is -2.27. The number of carboxylic acid groups (broad SMARTS) is 1. The Morgan fingerprint density at radius 2 is 1.97 bits per heavy atom. The third-order valence-electron chi connectivity index (χ3n) is 6.43. The maximum Gasteiger partial charge on any atom is 0.290 e. The number of thiophene rings is 1. The topological polar surface area (TPSA) is 103 Å². The minimum absolute atomic E-state index is 0.0349. The van der Waals surface area contributed by atoms with Crippen molar-refractivity contribution in [2.75, 3.05) is 32.8 Å². The highest BCUT2D eigenvalue weighted by molar-refractivity contribution is 7.13. The lowest BCUT2D eigenvalue weighted by atomic mass is 9.82. The Hall–Kier alpha value is -2.11. The number of aromatic nitrogens is 2. The Morgan fingerprint density at radius 3 is 2.53 bits per heavy atom. The minimum atomic E-state index is -0.250. The van der Waals surface area contributed by atoms with E-state index in [4.69, 9.17) is 19.3 Å². The Kier molecular flexibility index (Phi) is 7.06. The van der Waals surface area contributed by atoms with E-state index in [1.807, 2.05) is 29.9 Å². The van der Waals surface area contributed by atoms with Crippen molar-refractivity contribution in [2.45, 2.75) is 26.9 Å². The van der Waals surface area contributed by atoms with Crippen LogP contribution in [-0.2, 0) is 17.9 Å². The molecule has 2 saturated heterocycles. The predicted octanol–water partition coefficient (Wildman–Crippen LogP) is 3.10. The van der Waals surface area contributed by atoms with Crippen LogP contribution in [-0.4, -0.2) is 69.2 Å². The van der Waals surface area contributed by atoms with Crippen molar-refractivity contribution in [2.24, 2.45) is 11.3 Å². The zero-order valence-electron chi connectivity index (χ0n) is 18.2. The van der Waals surface area contributed by atoms with Crippen molar-refractivity contribution in [1.29, 1.82) is 0 Å². The van der Waals surface area contributed by atoms with Crippen LogP contribution in [0.25, 0.3) is 10.8 Å². The number of hydrogen-bond acceptors (Lipinski definition) is 9. The van der Waals surface area contributed by atoms with Gasteiger partial charge in [-0.05, 0) is 31.2 Å². The first-order chi connectivity index (χ1) is 15.5. The molecule has 3 aromatic heterocycles. The lowest BCUT2D eigenvalue weighted by Crippen LogP contribution is -2.37. The van der Waals surface area contributed by atoms with E-state index in [9.17, 15) is 5.11 Å². The molecule has 0 spiro atoms. The fourth-order valence-electron chi connectivity index (χ4n) is 4.84. The maximum absolute atomic E-state index is 10.3. The number of aliphatic hydroxyl groups is 1. The molecule has 172 valence electrons. The fourth-order valence-corrected chi connectivity index (χ4v) is 6.31. The average molecular weight is 477 g/mol. The molecule has 2 fully saturated rings. The van der Waals surface area contributed by atoms with E-state index in [1.54, 1.807) is 22.7 Å². The van der Waals surface area contributed by atoms with E-state index >= 15 is 0 Å². The number of carbonyl (C=O) groups is 1.